The van der Waals surface area contributed by atoms with Gasteiger partial charge in [-0.2, -0.15) is 4.31 Å². The SMILES string of the molecule is CC(C)(C)c1ccc(S(=O)(=O)N2CC(Nc3ncccn3)C2)cc1. The van der Waals surface area contributed by atoms with Crippen LogP contribution in [0.25, 0.3) is 0 Å². The van der Waals surface area contributed by atoms with Crippen LogP contribution in [0.2, 0.25) is 0 Å². The molecule has 7 heteroatoms. The molecule has 1 N–H and O–H groups in total. The molecule has 2 heterocycles. The van der Waals surface area contributed by atoms with Gasteiger partial charge in [-0.3, -0.25) is 0 Å². The van der Waals surface area contributed by atoms with Crippen molar-refractivity contribution in [3.8, 4) is 0 Å². The Kier molecular flexibility index (Phi) is 4.31. The maximum atomic E-state index is 12.6. The van der Waals surface area contributed by atoms with Crippen LogP contribution in [-0.4, -0.2) is 41.8 Å². The summed E-state index contributed by atoms with van der Waals surface area (Å²) in [5.74, 6) is 0.522. The topological polar surface area (TPSA) is 75.2 Å². The summed E-state index contributed by atoms with van der Waals surface area (Å²) < 4.78 is 26.8. The number of sulfonamides is 1. The second-order valence-corrected chi connectivity index (χ2v) is 8.95. The predicted octanol–water partition coefficient (Wildman–Crippen LogP) is 2.26. The van der Waals surface area contributed by atoms with Crippen molar-refractivity contribution in [3.63, 3.8) is 0 Å². The lowest BCUT2D eigenvalue weighted by Crippen LogP contribution is -2.56. The summed E-state index contributed by atoms with van der Waals surface area (Å²) >= 11 is 0. The van der Waals surface area contributed by atoms with Crippen LogP contribution in [0.3, 0.4) is 0 Å². The van der Waals surface area contributed by atoms with Crippen LogP contribution in [-0.2, 0) is 15.4 Å². The lowest BCUT2D eigenvalue weighted by Gasteiger charge is -2.38. The van der Waals surface area contributed by atoms with Crippen LogP contribution >= 0.6 is 0 Å². The van der Waals surface area contributed by atoms with Crippen LogP contribution in [0, 0.1) is 0 Å². The lowest BCUT2D eigenvalue weighted by atomic mass is 9.87. The maximum absolute atomic E-state index is 12.6. The van der Waals surface area contributed by atoms with Gasteiger partial charge in [0.05, 0.1) is 10.9 Å². The minimum atomic E-state index is -3.44. The van der Waals surface area contributed by atoms with E-state index in [1.807, 2.05) is 12.1 Å². The van der Waals surface area contributed by atoms with E-state index in [2.05, 4.69) is 36.1 Å². The van der Waals surface area contributed by atoms with Gasteiger partial charge in [0.2, 0.25) is 16.0 Å². The van der Waals surface area contributed by atoms with E-state index in [1.165, 1.54) is 4.31 Å². The Hall–Kier alpha value is -1.99. The molecule has 1 aromatic carbocycles. The molecule has 0 atom stereocenters. The van der Waals surface area contributed by atoms with E-state index in [0.29, 0.717) is 23.9 Å². The van der Waals surface area contributed by atoms with Crippen molar-refractivity contribution in [2.75, 3.05) is 18.4 Å². The summed E-state index contributed by atoms with van der Waals surface area (Å²) in [7, 11) is -3.44. The van der Waals surface area contributed by atoms with Gasteiger partial charge < -0.3 is 5.32 Å². The normalized spacial score (nSPS) is 16.6. The number of benzene rings is 1. The van der Waals surface area contributed by atoms with Gasteiger partial charge >= 0.3 is 0 Å². The molecule has 6 nitrogen and oxygen atoms in total. The summed E-state index contributed by atoms with van der Waals surface area (Å²) in [6, 6.07) is 8.94. The monoisotopic (exact) mass is 346 g/mol. The maximum Gasteiger partial charge on any atom is 0.243 e. The molecular formula is C17H22N4O2S. The van der Waals surface area contributed by atoms with Gasteiger partial charge in [0.25, 0.3) is 0 Å². The minimum absolute atomic E-state index is 0.00372. The number of hydrogen-bond acceptors (Lipinski definition) is 5. The number of aromatic nitrogens is 2. The van der Waals surface area contributed by atoms with Gasteiger partial charge in [-0.25, -0.2) is 18.4 Å². The molecule has 1 fully saturated rings. The van der Waals surface area contributed by atoms with Crippen molar-refractivity contribution >= 4 is 16.0 Å². The first-order valence-electron chi connectivity index (χ1n) is 7.91. The molecule has 0 unspecified atom stereocenters. The van der Waals surface area contributed by atoms with Crippen LogP contribution < -0.4 is 5.32 Å². The highest BCUT2D eigenvalue weighted by Crippen LogP contribution is 2.26. The minimum Gasteiger partial charge on any atom is -0.349 e. The lowest BCUT2D eigenvalue weighted by molar-refractivity contribution is 0.280. The van der Waals surface area contributed by atoms with Gasteiger partial charge in [0.1, 0.15) is 0 Å². The van der Waals surface area contributed by atoms with Crippen molar-refractivity contribution in [2.24, 2.45) is 0 Å². The molecule has 0 saturated carbocycles. The Morgan fingerprint density at radius 1 is 1.08 bits per heavy atom. The molecular weight excluding hydrogens is 324 g/mol. The fourth-order valence-electron chi connectivity index (χ4n) is 2.56. The van der Waals surface area contributed by atoms with Gasteiger partial charge in [0.15, 0.2) is 0 Å². The number of anilines is 1. The Labute approximate surface area is 143 Å². The summed E-state index contributed by atoms with van der Waals surface area (Å²) in [5.41, 5.74) is 1.12. The molecule has 0 bridgehead atoms. The van der Waals surface area contributed by atoms with Gasteiger partial charge in [-0.15, -0.1) is 0 Å². The smallest absolute Gasteiger partial charge is 0.243 e. The average Bonchev–Trinajstić information content (AvgIpc) is 2.50. The zero-order valence-corrected chi connectivity index (χ0v) is 14.9. The second-order valence-electron chi connectivity index (χ2n) is 7.01. The fraction of sp³-hybridized carbons (Fsp3) is 0.412. The van der Waals surface area contributed by atoms with Gasteiger partial charge in [-0.05, 0) is 29.2 Å². The molecule has 1 aliphatic heterocycles. The van der Waals surface area contributed by atoms with Crippen molar-refractivity contribution in [3.05, 3.63) is 48.3 Å². The number of nitrogens with one attached hydrogen (secondary N) is 1. The third kappa shape index (κ3) is 3.42. The summed E-state index contributed by atoms with van der Waals surface area (Å²) in [5, 5.41) is 3.13. The van der Waals surface area contributed by atoms with Crippen LogP contribution in [0.5, 0.6) is 0 Å². The van der Waals surface area contributed by atoms with E-state index in [9.17, 15) is 8.42 Å². The Morgan fingerprint density at radius 2 is 1.67 bits per heavy atom. The van der Waals surface area contributed by atoms with Crippen LogP contribution in [0.15, 0.2) is 47.6 Å². The average molecular weight is 346 g/mol. The number of nitrogens with zero attached hydrogens (tertiary/aromatic N) is 3. The summed E-state index contributed by atoms with van der Waals surface area (Å²) in [6.45, 7) is 7.15. The quantitative estimate of drug-likeness (QED) is 0.919. The van der Waals surface area contributed by atoms with E-state index < -0.39 is 10.0 Å². The third-order valence-electron chi connectivity index (χ3n) is 4.11. The number of hydrogen-bond donors (Lipinski definition) is 1. The van der Waals surface area contributed by atoms with E-state index in [0.717, 1.165) is 5.56 Å². The van der Waals surface area contributed by atoms with E-state index in [1.54, 1.807) is 30.6 Å². The molecule has 0 spiro atoms. The molecule has 1 saturated heterocycles. The molecule has 0 radical (unpaired) electrons. The highest BCUT2D eigenvalue weighted by molar-refractivity contribution is 7.89. The molecule has 2 aromatic rings. The first-order valence-corrected chi connectivity index (χ1v) is 9.35. The van der Waals surface area contributed by atoms with Crippen molar-refractivity contribution < 1.29 is 8.42 Å². The first-order chi connectivity index (χ1) is 11.3. The standard InChI is InChI=1S/C17H22N4O2S/c1-17(2,3)13-5-7-15(8-6-13)24(22,23)21-11-14(12-21)20-16-18-9-4-10-19-16/h4-10,14H,11-12H2,1-3H3,(H,18,19,20). The largest absolute Gasteiger partial charge is 0.349 e. The summed E-state index contributed by atoms with van der Waals surface area (Å²) in [4.78, 5) is 8.51. The Bertz CT molecular complexity index is 793. The molecule has 1 aliphatic rings. The Morgan fingerprint density at radius 3 is 2.21 bits per heavy atom. The van der Waals surface area contributed by atoms with E-state index >= 15 is 0 Å². The highest BCUT2D eigenvalue weighted by Gasteiger charge is 2.37. The summed E-state index contributed by atoms with van der Waals surface area (Å²) in [6.07, 6.45) is 3.30. The van der Waals surface area contributed by atoms with Crippen molar-refractivity contribution in [1.29, 1.82) is 0 Å². The van der Waals surface area contributed by atoms with Crippen LogP contribution in [0.1, 0.15) is 26.3 Å². The van der Waals surface area contributed by atoms with E-state index in [-0.39, 0.29) is 11.5 Å². The predicted molar refractivity (Wildman–Crippen MR) is 93.3 cm³/mol. The Balaban J connectivity index is 1.65. The molecule has 128 valence electrons. The van der Waals surface area contributed by atoms with Gasteiger partial charge in [0, 0.05) is 25.5 Å². The van der Waals surface area contributed by atoms with E-state index in [4.69, 9.17) is 0 Å². The van der Waals surface area contributed by atoms with Gasteiger partial charge in [-0.1, -0.05) is 32.9 Å². The fourth-order valence-corrected chi connectivity index (χ4v) is 4.09. The molecule has 1 aromatic heterocycles. The van der Waals surface area contributed by atoms with Crippen LogP contribution in [0.4, 0.5) is 5.95 Å². The highest BCUT2D eigenvalue weighted by atomic mass is 32.2. The van der Waals surface area contributed by atoms with Crippen molar-refractivity contribution in [2.45, 2.75) is 37.1 Å². The van der Waals surface area contributed by atoms with Crippen molar-refractivity contribution in [1.82, 2.24) is 14.3 Å². The second kappa shape index (κ2) is 6.14. The molecule has 3 rings (SSSR count). The third-order valence-corrected chi connectivity index (χ3v) is 5.95. The zero-order valence-electron chi connectivity index (χ0n) is 14.1. The first kappa shape index (κ1) is 16.9. The molecule has 0 amide bonds. The molecule has 0 aliphatic carbocycles. The molecule has 24 heavy (non-hydrogen) atoms. The zero-order chi connectivity index (χ0) is 17.4. The number of rotatable bonds is 4.